The summed E-state index contributed by atoms with van der Waals surface area (Å²) < 4.78 is 5.11. The van der Waals surface area contributed by atoms with Crippen molar-refractivity contribution in [2.45, 2.75) is 5.75 Å². The molecule has 2 aromatic rings. The van der Waals surface area contributed by atoms with E-state index in [9.17, 15) is 4.79 Å². The molecule has 0 saturated carbocycles. The Morgan fingerprint density at radius 3 is 2.71 bits per heavy atom. The molecular weight excluding hydrogens is 282 g/mol. The number of ether oxygens (including phenoxy) is 1. The third-order valence-electron chi connectivity index (χ3n) is 2.98. The number of thioether (sulfide) groups is 1. The molecule has 0 bridgehead atoms. The monoisotopic (exact) mass is 301 g/mol. The molecule has 0 atom stereocenters. The summed E-state index contributed by atoms with van der Waals surface area (Å²) in [5, 5.41) is 2.92. The van der Waals surface area contributed by atoms with Crippen molar-refractivity contribution in [2.75, 3.05) is 19.4 Å². The van der Waals surface area contributed by atoms with Crippen molar-refractivity contribution in [1.82, 2.24) is 5.32 Å². The van der Waals surface area contributed by atoms with Crippen LogP contribution in [0.5, 0.6) is 5.75 Å². The van der Waals surface area contributed by atoms with Crippen molar-refractivity contribution >= 4 is 17.7 Å². The van der Waals surface area contributed by atoms with Crippen molar-refractivity contribution in [3.05, 3.63) is 65.7 Å². The zero-order valence-corrected chi connectivity index (χ0v) is 12.9. The summed E-state index contributed by atoms with van der Waals surface area (Å²) in [5.74, 6) is 2.50. The molecule has 1 amide bonds. The van der Waals surface area contributed by atoms with E-state index in [1.165, 1.54) is 5.56 Å². The van der Waals surface area contributed by atoms with Crippen LogP contribution in [0.1, 0.15) is 15.9 Å². The molecular formula is C17H19NO2S. The highest BCUT2D eigenvalue weighted by Gasteiger charge is 2.05. The highest BCUT2D eigenvalue weighted by Crippen LogP contribution is 2.13. The molecule has 21 heavy (non-hydrogen) atoms. The SMILES string of the molecule is COc1cccc(C(=O)NCCSCc2ccccc2)c1. The van der Waals surface area contributed by atoms with Gasteiger partial charge in [-0.25, -0.2) is 0 Å². The first kappa shape index (κ1) is 15.4. The molecule has 0 aliphatic heterocycles. The Morgan fingerprint density at radius 2 is 1.95 bits per heavy atom. The Hall–Kier alpha value is -1.94. The first-order chi connectivity index (χ1) is 10.3. The predicted molar refractivity (Wildman–Crippen MR) is 87.9 cm³/mol. The van der Waals surface area contributed by atoms with Crippen LogP contribution >= 0.6 is 11.8 Å². The lowest BCUT2D eigenvalue weighted by Gasteiger charge is -2.06. The Kier molecular flexibility index (Phi) is 6.16. The van der Waals surface area contributed by atoms with Crippen LogP contribution < -0.4 is 10.1 Å². The van der Waals surface area contributed by atoms with E-state index in [-0.39, 0.29) is 5.91 Å². The number of rotatable bonds is 7. The molecule has 1 N–H and O–H groups in total. The Morgan fingerprint density at radius 1 is 1.14 bits per heavy atom. The van der Waals surface area contributed by atoms with Gasteiger partial charge in [0.15, 0.2) is 0 Å². The molecule has 110 valence electrons. The zero-order valence-electron chi connectivity index (χ0n) is 12.0. The molecule has 0 unspecified atom stereocenters. The molecule has 0 aliphatic carbocycles. The van der Waals surface area contributed by atoms with E-state index in [4.69, 9.17) is 4.74 Å². The van der Waals surface area contributed by atoms with Crippen LogP contribution in [0.2, 0.25) is 0 Å². The van der Waals surface area contributed by atoms with Gasteiger partial charge in [0, 0.05) is 23.6 Å². The third-order valence-corrected chi connectivity index (χ3v) is 4.01. The molecule has 0 aliphatic rings. The first-order valence-electron chi connectivity index (χ1n) is 6.83. The van der Waals surface area contributed by atoms with E-state index in [0.717, 1.165) is 11.5 Å². The standard InChI is InChI=1S/C17H19NO2S/c1-20-16-9-5-8-15(12-16)17(19)18-10-11-21-13-14-6-3-2-4-7-14/h2-9,12H,10-11,13H2,1H3,(H,18,19). The summed E-state index contributed by atoms with van der Waals surface area (Å²) in [7, 11) is 1.59. The minimum Gasteiger partial charge on any atom is -0.497 e. The maximum atomic E-state index is 12.0. The van der Waals surface area contributed by atoms with Crippen LogP contribution in [0.3, 0.4) is 0 Å². The average molecular weight is 301 g/mol. The van der Waals surface area contributed by atoms with Crippen LogP contribution in [0.15, 0.2) is 54.6 Å². The topological polar surface area (TPSA) is 38.3 Å². The zero-order chi connectivity index (χ0) is 14.9. The van der Waals surface area contributed by atoms with E-state index in [2.05, 4.69) is 17.4 Å². The van der Waals surface area contributed by atoms with Gasteiger partial charge in [0.25, 0.3) is 5.91 Å². The molecule has 2 aromatic carbocycles. The summed E-state index contributed by atoms with van der Waals surface area (Å²) in [4.78, 5) is 12.0. The second-order valence-corrected chi connectivity index (χ2v) is 5.63. The van der Waals surface area contributed by atoms with E-state index in [1.54, 1.807) is 19.2 Å². The van der Waals surface area contributed by atoms with Crippen molar-refractivity contribution in [3.63, 3.8) is 0 Å². The highest BCUT2D eigenvalue weighted by atomic mass is 32.2. The highest BCUT2D eigenvalue weighted by molar-refractivity contribution is 7.98. The van der Waals surface area contributed by atoms with E-state index < -0.39 is 0 Å². The number of hydrogen-bond donors (Lipinski definition) is 1. The third kappa shape index (κ3) is 5.16. The van der Waals surface area contributed by atoms with Crippen molar-refractivity contribution in [2.24, 2.45) is 0 Å². The fourth-order valence-electron chi connectivity index (χ4n) is 1.87. The van der Waals surface area contributed by atoms with Gasteiger partial charge < -0.3 is 10.1 Å². The van der Waals surface area contributed by atoms with Gasteiger partial charge in [-0.3, -0.25) is 4.79 Å². The lowest BCUT2D eigenvalue weighted by atomic mass is 10.2. The number of carbonyl (C=O) groups excluding carboxylic acids is 1. The quantitative estimate of drug-likeness (QED) is 0.797. The first-order valence-corrected chi connectivity index (χ1v) is 7.99. The Labute approximate surface area is 129 Å². The maximum absolute atomic E-state index is 12.0. The van der Waals surface area contributed by atoms with E-state index in [0.29, 0.717) is 17.9 Å². The van der Waals surface area contributed by atoms with Crippen LogP contribution in [0, 0.1) is 0 Å². The summed E-state index contributed by atoms with van der Waals surface area (Å²) in [5.41, 5.74) is 1.93. The summed E-state index contributed by atoms with van der Waals surface area (Å²) in [6.07, 6.45) is 0. The Balaban J connectivity index is 1.69. The molecule has 3 nitrogen and oxygen atoms in total. The molecule has 0 saturated heterocycles. The van der Waals surface area contributed by atoms with Crippen molar-refractivity contribution in [1.29, 1.82) is 0 Å². The normalized spacial score (nSPS) is 10.1. The smallest absolute Gasteiger partial charge is 0.251 e. The molecule has 0 heterocycles. The molecule has 0 radical (unpaired) electrons. The number of hydrogen-bond acceptors (Lipinski definition) is 3. The molecule has 0 fully saturated rings. The fourth-order valence-corrected chi connectivity index (χ4v) is 2.69. The van der Waals surface area contributed by atoms with Crippen molar-refractivity contribution in [3.8, 4) is 5.75 Å². The molecule has 0 aromatic heterocycles. The van der Waals surface area contributed by atoms with Gasteiger partial charge in [-0.15, -0.1) is 0 Å². The van der Waals surface area contributed by atoms with E-state index >= 15 is 0 Å². The molecule has 4 heteroatoms. The van der Waals surface area contributed by atoms with Gasteiger partial charge >= 0.3 is 0 Å². The van der Waals surface area contributed by atoms with Gasteiger partial charge in [0.05, 0.1) is 7.11 Å². The second-order valence-electron chi connectivity index (χ2n) is 4.53. The molecule has 0 spiro atoms. The average Bonchev–Trinajstić information content (AvgIpc) is 2.55. The van der Waals surface area contributed by atoms with Crippen molar-refractivity contribution < 1.29 is 9.53 Å². The second kappa shape index (κ2) is 8.37. The van der Waals surface area contributed by atoms with Crippen LogP contribution in [0.25, 0.3) is 0 Å². The lowest BCUT2D eigenvalue weighted by Crippen LogP contribution is -2.25. The number of methoxy groups -OCH3 is 1. The largest absolute Gasteiger partial charge is 0.497 e. The fraction of sp³-hybridized carbons (Fsp3) is 0.235. The Bertz CT molecular complexity index is 572. The lowest BCUT2D eigenvalue weighted by molar-refractivity contribution is 0.0956. The summed E-state index contributed by atoms with van der Waals surface area (Å²) >= 11 is 1.81. The van der Waals surface area contributed by atoms with Gasteiger partial charge in [0.2, 0.25) is 0 Å². The van der Waals surface area contributed by atoms with Gasteiger partial charge in [-0.2, -0.15) is 11.8 Å². The van der Waals surface area contributed by atoms with Gasteiger partial charge in [-0.05, 0) is 23.8 Å². The number of benzene rings is 2. The molecule has 2 rings (SSSR count). The minimum atomic E-state index is -0.0609. The van der Waals surface area contributed by atoms with Gasteiger partial charge in [-0.1, -0.05) is 36.4 Å². The maximum Gasteiger partial charge on any atom is 0.251 e. The van der Waals surface area contributed by atoms with E-state index in [1.807, 2.05) is 42.1 Å². The summed E-state index contributed by atoms with van der Waals surface area (Å²) in [6, 6.07) is 17.5. The predicted octanol–water partition coefficient (Wildman–Crippen LogP) is 3.36. The number of nitrogens with one attached hydrogen (secondary N) is 1. The number of carbonyl (C=O) groups is 1. The minimum absolute atomic E-state index is 0.0609. The van der Waals surface area contributed by atoms with Crippen LogP contribution in [-0.4, -0.2) is 25.3 Å². The number of amides is 1. The van der Waals surface area contributed by atoms with Crippen LogP contribution in [0.4, 0.5) is 0 Å². The van der Waals surface area contributed by atoms with Crippen LogP contribution in [-0.2, 0) is 5.75 Å². The van der Waals surface area contributed by atoms with Gasteiger partial charge in [0.1, 0.15) is 5.75 Å². The summed E-state index contributed by atoms with van der Waals surface area (Å²) in [6.45, 7) is 0.660.